The molecular formula is C10H22N2O. The van der Waals surface area contributed by atoms with E-state index in [1.54, 1.807) is 0 Å². The lowest BCUT2D eigenvalue weighted by atomic mass is 10.3. The second kappa shape index (κ2) is 6.89. The van der Waals surface area contributed by atoms with Gasteiger partial charge >= 0.3 is 0 Å². The van der Waals surface area contributed by atoms with Gasteiger partial charge in [0.25, 0.3) is 0 Å². The van der Waals surface area contributed by atoms with Gasteiger partial charge in [0.05, 0.1) is 0 Å². The van der Waals surface area contributed by atoms with Crippen LogP contribution in [0.25, 0.3) is 0 Å². The molecule has 78 valence electrons. The van der Waals surface area contributed by atoms with Crippen molar-refractivity contribution >= 4 is 5.91 Å². The van der Waals surface area contributed by atoms with Crippen LogP contribution in [0.5, 0.6) is 0 Å². The van der Waals surface area contributed by atoms with Gasteiger partial charge in [-0.1, -0.05) is 6.92 Å². The lowest BCUT2D eigenvalue weighted by molar-refractivity contribution is -0.130. The summed E-state index contributed by atoms with van der Waals surface area (Å²) >= 11 is 0. The fraction of sp³-hybridized carbons (Fsp3) is 0.900. The summed E-state index contributed by atoms with van der Waals surface area (Å²) in [6, 6.07) is 0. The van der Waals surface area contributed by atoms with E-state index in [1.807, 2.05) is 18.7 Å². The number of hydrogen-bond acceptors (Lipinski definition) is 2. The van der Waals surface area contributed by atoms with Crippen molar-refractivity contribution in [3.8, 4) is 0 Å². The molecule has 0 spiro atoms. The maximum Gasteiger partial charge on any atom is 0.222 e. The third kappa shape index (κ3) is 5.64. The highest BCUT2D eigenvalue weighted by molar-refractivity contribution is 5.75. The van der Waals surface area contributed by atoms with Crippen LogP contribution in [0.1, 0.15) is 26.7 Å². The first kappa shape index (κ1) is 12.4. The van der Waals surface area contributed by atoms with E-state index in [1.165, 1.54) is 0 Å². The predicted molar refractivity (Wildman–Crippen MR) is 55.7 cm³/mol. The van der Waals surface area contributed by atoms with E-state index in [0.29, 0.717) is 6.42 Å². The van der Waals surface area contributed by atoms with Crippen molar-refractivity contribution in [2.75, 3.05) is 33.7 Å². The van der Waals surface area contributed by atoms with Crippen molar-refractivity contribution in [3.05, 3.63) is 0 Å². The van der Waals surface area contributed by atoms with E-state index in [0.717, 1.165) is 26.1 Å². The zero-order chi connectivity index (χ0) is 10.3. The highest BCUT2D eigenvalue weighted by atomic mass is 16.2. The van der Waals surface area contributed by atoms with Crippen LogP contribution >= 0.6 is 0 Å². The smallest absolute Gasteiger partial charge is 0.222 e. The fourth-order valence-electron chi connectivity index (χ4n) is 1.26. The van der Waals surface area contributed by atoms with Crippen LogP contribution in [0, 0.1) is 0 Å². The molecule has 0 radical (unpaired) electrons. The molecule has 0 aliphatic rings. The van der Waals surface area contributed by atoms with Crippen molar-refractivity contribution in [2.45, 2.75) is 26.7 Å². The second-order valence-corrected chi connectivity index (χ2v) is 3.48. The minimum atomic E-state index is 0.265. The third-order valence-corrected chi connectivity index (χ3v) is 2.07. The SMILES string of the molecule is CCC(=O)N(CC)CCCN(C)C. The molecule has 3 nitrogen and oxygen atoms in total. The summed E-state index contributed by atoms with van der Waals surface area (Å²) < 4.78 is 0. The van der Waals surface area contributed by atoms with Gasteiger partial charge in [-0.3, -0.25) is 4.79 Å². The van der Waals surface area contributed by atoms with Gasteiger partial charge in [0, 0.05) is 19.5 Å². The molecule has 1 amide bonds. The molecule has 0 aromatic rings. The molecule has 0 atom stereocenters. The molecule has 0 rings (SSSR count). The Morgan fingerprint density at radius 3 is 2.15 bits per heavy atom. The van der Waals surface area contributed by atoms with E-state index in [-0.39, 0.29) is 5.91 Å². The standard InChI is InChI=1S/C10H22N2O/c1-5-10(13)12(6-2)9-7-8-11(3)4/h5-9H2,1-4H3. The molecule has 0 aromatic heterocycles. The van der Waals surface area contributed by atoms with E-state index in [2.05, 4.69) is 19.0 Å². The van der Waals surface area contributed by atoms with Crippen LogP contribution in [0.3, 0.4) is 0 Å². The molecule has 0 fully saturated rings. The Kier molecular flexibility index (Phi) is 6.59. The molecule has 0 saturated carbocycles. The van der Waals surface area contributed by atoms with Crippen LogP contribution in [-0.2, 0) is 4.79 Å². The maximum atomic E-state index is 11.3. The van der Waals surface area contributed by atoms with Gasteiger partial charge in [0.15, 0.2) is 0 Å². The molecule has 0 N–H and O–H groups in total. The summed E-state index contributed by atoms with van der Waals surface area (Å²) in [4.78, 5) is 15.4. The van der Waals surface area contributed by atoms with Crippen molar-refractivity contribution in [3.63, 3.8) is 0 Å². The highest BCUT2D eigenvalue weighted by Crippen LogP contribution is 1.96. The Labute approximate surface area is 81.7 Å². The number of hydrogen-bond donors (Lipinski definition) is 0. The second-order valence-electron chi connectivity index (χ2n) is 3.48. The summed E-state index contributed by atoms with van der Waals surface area (Å²) in [6.07, 6.45) is 1.68. The molecule has 0 saturated heterocycles. The van der Waals surface area contributed by atoms with Gasteiger partial charge in [0.2, 0.25) is 5.91 Å². The zero-order valence-corrected chi connectivity index (χ0v) is 9.34. The first-order valence-electron chi connectivity index (χ1n) is 5.04. The number of amides is 1. The minimum Gasteiger partial charge on any atom is -0.343 e. The summed E-state index contributed by atoms with van der Waals surface area (Å²) in [5.41, 5.74) is 0. The van der Waals surface area contributed by atoms with Gasteiger partial charge in [0.1, 0.15) is 0 Å². The lowest BCUT2D eigenvalue weighted by Crippen LogP contribution is -2.32. The average molecular weight is 186 g/mol. The lowest BCUT2D eigenvalue weighted by Gasteiger charge is -2.21. The Hall–Kier alpha value is -0.570. The topological polar surface area (TPSA) is 23.6 Å². The summed E-state index contributed by atoms with van der Waals surface area (Å²) in [5, 5.41) is 0. The van der Waals surface area contributed by atoms with Crippen molar-refractivity contribution < 1.29 is 4.79 Å². The fourth-order valence-corrected chi connectivity index (χ4v) is 1.26. The Morgan fingerprint density at radius 2 is 1.77 bits per heavy atom. The maximum absolute atomic E-state index is 11.3. The Bertz CT molecular complexity index is 146. The monoisotopic (exact) mass is 186 g/mol. The van der Waals surface area contributed by atoms with E-state index < -0.39 is 0 Å². The molecule has 0 aliphatic carbocycles. The van der Waals surface area contributed by atoms with Gasteiger partial charge in [-0.2, -0.15) is 0 Å². The predicted octanol–water partition coefficient (Wildman–Crippen LogP) is 1.20. The van der Waals surface area contributed by atoms with Crippen LogP contribution in [-0.4, -0.2) is 49.4 Å². The van der Waals surface area contributed by atoms with Crippen molar-refractivity contribution in [2.24, 2.45) is 0 Å². The van der Waals surface area contributed by atoms with Gasteiger partial charge in [-0.05, 0) is 34.0 Å². The van der Waals surface area contributed by atoms with Crippen LogP contribution in [0.2, 0.25) is 0 Å². The molecule has 0 bridgehead atoms. The van der Waals surface area contributed by atoms with Gasteiger partial charge < -0.3 is 9.80 Å². The van der Waals surface area contributed by atoms with E-state index in [4.69, 9.17) is 0 Å². The summed E-state index contributed by atoms with van der Waals surface area (Å²) in [5.74, 6) is 0.265. The summed E-state index contributed by atoms with van der Waals surface area (Å²) in [7, 11) is 4.11. The number of nitrogens with zero attached hydrogens (tertiary/aromatic N) is 2. The molecule has 0 aromatic carbocycles. The average Bonchev–Trinajstić information content (AvgIpc) is 2.11. The van der Waals surface area contributed by atoms with Crippen LogP contribution in [0.4, 0.5) is 0 Å². The molecule has 0 aliphatic heterocycles. The Morgan fingerprint density at radius 1 is 1.15 bits per heavy atom. The number of carbonyl (C=O) groups is 1. The van der Waals surface area contributed by atoms with E-state index in [9.17, 15) is 4.79 Å². The normalized spacial score (nSPS) is 10.5. The highest BCUT2D eigenvalue weighted by Gasteiger charge is 2.07. The molecule has 13 heavy (non-hydrogen) atoms. The third-order valence-electron chi connectivity index (χ3n) is 2.07. The van der Waals surface area contributed by atoms with Gasteiger partial charge in [-0.15, -0.1) is 0 Å². The number of rotatable bonds is 6. The molecule has 3 heteroatoms. The van der Waals surface area contributed by atoms with Gasteiger partial charge in [-0.25, -0.2) is 0 Å². The number of carbonyl (C=O) groups excluding carboxylic acids is 1. The van der Waals surface area contributed by atoms with Crippen LogP contribution < -0.4 is 0 Å². The minimum absolute atomic E-state index is 0.265. The van der Waals surface area contributed by atoms with Crippen LogP contribution in [0.15, 0.2) is 0 Å². The first-order valence-corrected chi connectivity index (χ1v) is 5.04. The Balaban J connectivity index is 3.66. The molecular weight excluding hydrogens is 164 g/mol. The molecule has 0 unspecified atom stereocenters. The quantitative estimate of drug-likeness (QED) is 0.622. The first-order chi connectivity index (χ1) is 6.11. The largest absolute Gasteiger partial charge is 0.343 e. The molecule has 0 heterocycles. The summed E-state index contributed by atoms with van der Waals surface area (Å²) in [6.45, 7) is 6.72. The van der Waals surface area contributed by atoms with E-state index >= 15 is 0 Å². The zero-order valence-electron chi connectivity index (χ0n) is 9.34. The van der Waals surface area contributed by atoms with Crippen molar-refractivity contribution in [1.82, 2.24) is 9.80 Å². The van der Waals surface area contributed by atoms with Crippen molar-refractivity contribution in [1.29, 1.82) is 0 Å².